The van der Waals surface area contributed by atoms with Crippen molar-refractivity contribution < 1.29 is 13.9 Å². The Morgan fingerprint density at radius 2 is 2.05 bits per heavy atom. The molecule has 1 heterocycles. The zero-order chi connectivity index (χ0) is 13.7. The predicted octanol–water partition coefficient (Wildman–Crippen LogP) is 4.19. The molecule has 5 heteroatoms. The first-order chi connectivity index (χ1) is 9.20. The van der Waals surface area contributed by atoms with Crippen molar-refractivity contribution in [1.82, 2.24) is 0 Å². The molecule has 2 nitrogen and oxygen atoms in total. The van der Waals surface area contributed by atoms with Crippen molar-refractivity contribution in [2.75, 3.05) is 7.11 Å². The Bertz CT molecular complexity index is 574. The third-order valence-corrected chi connectivity index (χ3v) is 4.12. The smallest absolute Gasteiger partial charge is 0.339 e. The van der Waals surface area contributed by atoms with Gasteiger partial charge in [-0.1, -0.05) is 17.8 Å². The summed E-state index contributed by atoms with van der Waals surface area (Å²) >= 11 is 2.83. The molecule has 0 aliphatic heterocycles. The highest BCUT2D eigenvalue weighted by molar-refractivity contribution is 8.02. The second kappa shape index (κ2) is 6.54. The van der Waals surface area contributed by atoms with Gasteiger partial charge in [-0.2, -0.15) is 0 Å². The van der Waals surface area contributed by atoms with E-state index in [9.17, 15) is 9.18 Å². The van der Waals surface area contributed by atoms with Crippen molar-refractivity contribution in [1.29, 1.82) is 0 Å². The number of benzene rings is 1. The number of esters is 1. The van der Waals surface area contributed by atoms with Crippen LogP contribution in [0.2, 0.25) is 0 Å². The van der Waals surface area contributed by atoms with Crippen LogP contribution in [0.4, 0.5) is 4.39 Å². The van der Waals surface area contributed by atoms with Gasteiger partial charge in [-0.25, -0.2) is 9.18 Å². The van der Waals surface area contributed by atoms with E-state index in [1.165, 1.54) is 42.3 Å². The van der Waals surface area contributed by atoms with Gasteiger partial charge in [0, 0.05) is 9.77 Å². The van der Waals surface area contributed by atoms with Crippen molar-refractivity contribution in [2.24, 2.45) is 0 Å². The molecule has 1 aromatic carbocycles. The van der Waals surface area contributed by atoms with Crippen LogP contribution in [-0.2, 0) is 9.53 Å². The number of thiophene rings is 1. The van der Waals surface area contributed by atoms with Gasteiger partial charge < -0.3 is 4.74 Å². The van der Waals surface area contributed by atoms with E-state index in [2.05, 4.69) is 0 Å². The molecule has 0 N–H and O–H groups in total. The van der Waals surface area contributed by atoms with Gasteiger partial charge in [0.2, 0.25) is 0 Å². The van der Waals surface area contributed by atoms with Gasteiger partial charge in [-0.3, -0.25) is 0 Å². The van der Waals surface area contributed by atoms with Crippen LogP contribution in [0.15, 0.2) is 52.1 Å². The minimum absolute atomic E-state index is 0.278. The van der Waals surface area contributed by atoms with Crippen molar-refractivity contribution in [3.8, 4) is 0 Å². The summed E-state index contributed by atoms with van der Waals surface area (Å²) < 4.78 is 17.6. The third kappa shape index (κ3) is 3.68. The SMILES string of the molecule is COC(=O)/C(=C/Sc1ccc(F)cc1)c1cccs1. The van der Waals surface area contributed by atoms with Gasteiger partial charge in [0.15, 0.2) is 0 Å². The van der Waals surface area contributed by atoms with Crippen LogP contribution in [0, 0.1) is 5.82 Å². The maximum absolute atomic E-state index is 12.8. The molecule has 19 heavy (non-hydrogen) atoms. The van der Waals surface area contributed by atoms with E-state index < -0.39 is 0 Å². The van der Waals surface area contributed by atoms with Crippen molar-refractivity contribution >= 4 is 34.6 Å². The van der Waals surface area contributed by atoms with Gasteiger partial charge in [-0.05, 0) is 41.1 Å². The lowest BCUT2D eigenvalue weighted by molar-refractivity contribution is -0.133. The summed E-state index contributed by atoms with van der Waals surface area (Å²) in [7, 11) is 1.35. The summed E-state index contributed by atoms with van der Waals surface area (Å²) in [6.07, 6.45) is 0. The normalized spacial score (nSPS) is 11.4. The van der Waals surface area contributed by atoms with Crippen LogP contribution >= 0.6 is 23.1 Å². The summed E-state index contributed by atoms with van der Waals surface area (Å²) in [6.45, 7) is 0. The molecule has 0 amide bonds. The van der Waals surface area contributed by atoms with E-state index in [0.29, 0.717) is 5.57 Å². The van der Waals surface area contributed by atoms with Crippen LogP contribution in [0.25, 0.3) is 5.57 Å². The Morgan fingerprint density at radius 1 is 1.32 bits per heavy atom. The second-order valence-electron chi connectivity index (χ2n) is 3.57. The first-order valence-corrected chi connectivity index (χ1v) is 7.21. The molecule has 0 aliphatic carbocycles. The Labute approximate surface area is 118 Å². The highest BCUT2D eigenvalue weighted by Crippen LogP contribution is 2.28. The number of thioether (sulfide) groups is 1. The topological polar surface area (TPSA) is 26.3 Å². The minimum Gasteiger partial charge on any atom is -0.465 e. The van der Waals surface area contributed by atoms with Crippen molar-refractivity contribution in [2.45, 2.75) is 4.90 Å². The van der Waals surface area contributed by atoms with Gasteiger partial charge in [0.25, 0.3) is 0 Å². The summed E-state index contributed by atoms with van der Waals surface area (Å²) in [4.78, 5) is 13.4. The summed E-state index contributed by atoms with van der Waals surface area (Å²) in [5.74, 6) is -0.656. The summed E-state index contributed by atoms with van der Waals surface area (Å²) in [5, 5.41) is 3.62. The van der Waals surface area contributed by atoms with Crippen LogP contribution in [0.5, 0.6) is 0 Å². The number of hydrogen-bond donors (Lipinski definition) is 0. The van der Waals surface area contributed by atoms with E-state index in [1.54, 1.807) is 17.5 Å². The molecule has 2 aromatic rings. The monoisotopic (exact) mass is 294 g/mol. The van der Waals surface area contributed by atoms with Crippen LogP contribution in [0.1, 0.15) is 4.88 Å². The number of rotatable bonds is 4. The van der Waals surface area contributed by atoms with Gasteiger partial charge in [0.05, 0.1) is 12.7 Å². The molecule has 0 saturated heterocycles. The van der Waals surface area contributed by atoms with Crippen molar-refractivity contribution in [3.63, 3.8) is 0 Å². The van der Waals surface area contributed by atoms with E-state index >= 15 is 0 Å². The fraction of sp³-hybridized carbons (Fsp3) is 0.0714. The lowest BCUT2D eigenvalue weighted by Gasteiger charge is -2.03. The van der Waals surface area contributed by atoms with E-state index in [0.717, 1.165) is 9.77 Å². The fourth-order valence-corrected chi connectivity index (χ4v) is 2.96. The van der Waals surface area contributed by atoms with Gasteiger partial charge in [0.1, 0.15) is 5.82 Å². The van der Waals surface area contributed by atoms with Crippen molar-refractivity contribution in [3.05, 3.63) is 57.9 Å². The minimum atomic E-state index is -0.378. The molecule has 0 aliphatic rings. The van der Waals surface area contributed by atoms with E-state index in [1.807, 2.05) is 17.5 Å². The Morgan fingerprint density at radius 3 is 2.63 bits per heavy atom. The zero-order valence-electron chi connectivity index (χ0n) is 10.1. The Hall–Kier alpha value is -1.59. The van der Waals surface area contributed by atoms with Crippen LogP contribution in [0.3, 0.4) is 0 Å². The standard InChI is InChI=1S/C14H11FO2S2/c1-17-14(16)12(13-3-2-8-18-13)9-19-11-6-4-10(15)5-7-11/h2-9H,1H3/b12-9+. The Balaban J connectivity index is 2.21. The first kappa shape index (κ1) is 13.8. The van der Waals surface area contributed by atoms with Crippen LogP contribution in [-0.4, -0.2) is 13.1 Å². The quantitative estimate of drug-likeness (QED) is 0.480. The Kier molecular flexibility index (Phi) is 4.76. The third-order valence-electron chi connectivity index (χ3n) is 2.32. The largest absolute Gasteiger partial charge is 0.465 e. The average Bonchev–Trinajstić information content (AvgIpc) is 2.94. The average molecular weight is 294 g/mol. The summed E-state index contributed by atoms with van der Waals surface area (Å²) in [5.41, 5.74) is 0.506. The number of ether oxygens (including phenoxy) is 1. The number of carbonyl (C=O) groups excluding carboxylic acids is 1. The molecule has 0 bridgehead atoms. The lowest BCUT2D eigenvalue weighted by atomic mass is 10.2. The van der Waals surface area contributed by atoms with E-state index in [4.69, 9.17) is 4.74 Å². The second-order valence-corrected chi connectivity index (χ2v) is 5.46. The lowest BCUT2D eigenvalue weighted by Crippen LogP contribution is -2.02. The van der Waals surface area contributed by atoms with Gasteiger partial charge >= 0.3 is 5.97 Å². The molecule has 0 atom stereocenters. The number of methoxy groups -OCH3 is 1. The maximum atomic E-state index is 12.8. The molecular weight excluding hydrogens is 283 g/mol. The fourth-order valence-electron chi connectivity index (χ4n) is 1.39. The molecule has 0 fully saturated rings. The molecule has 0 saturated carbocycles. The molecule has 1 aromatic heterocycles. The highest BCUT2D eigenvalue weighted by atomic mass is 32.2. The van der Waals surface area contributed by atoms with Gasteiger partial charge in [-0.15, -0.1) is 11.3 Å². The molecular formula is C14H11FO2S2. The number of hydrogen-bond acceptors (Lipinski definition) is 4. The number of carbonyl (C=O) groups is 1. The maximum Gasteiger partial charge on any atom is 0.339 e. The molecule has 0 radical (unpaired) electrons. The van der Waals surface area contributed by atoms with E-state index in [-0.39, 0.29) is 11.8 Å². The van der Waals surface area contributed by atoms with Crippen LogP contribution < -0.4 is 0 Å². The highest BCUT2D eigenvalue weighted by Gasteiger charge is 2.13. The molecule has 0 unspecified atom stereocenters. The molecule has 98 valence electrons. The molecule has 2 rings (SSSR count). The zero-order valence-corrected chi connectivity index (χ0v) is 11.8. The number of halogens is 1. The first-order valence-electron chi connectivity index (χ1n) is 5.45. The predicted molar refractivity (Wildman–Crippen MR) is 76.6 cm³/mol. The molecule has 0 spiro atoms. The summed E-state index contributed by atoms with van der Waals surface area (Å²) in [6, 6.07) is 9.84.